The van der Waals surface area contributed by atoms with Crippen molar-refractivity contribution < 1.29 is 19.1 Å². The summed E-state index contributed by atoms with van der Waals surface area (Å²) >= 11 is 0. The van der Waals surface area contributed by atoms with Gasteiger partial charge in [-0.3, -0.25) is 9.59 Å². The van der Waals surface area contributed by atoms with E-state index in [2.05, 4.69) is 0 Å². The number of nitrogens with zero attached hydrogens (tertiary/aromatic N) is 1. The van der Waals surface area contributed by atoms with Gasteiger partial charge in [0.2, 0.25) is 0 Å². The van der Waals surface area contributed by atoms with Crippen LogP contribution in [0.5, 0.6) is 0 Å². The zero-order valence-electron chi connectivity index (χ0n) is 18.1. The van der Waals surface area contributed by atoms with Gasteiger partial charge in [-0.1, -0.05) is 78.4 Å². The maximum absolute atomic E-state index is 13.1. The molecule has 4 rings (SSSR count). The Hall–Kier alpha value is -4.25. The summed E-state index contributed by atoms with van der Waals surface area (Å²) < 4.78 is 5.68. The van der Waals surface area contributed by atoms with E-state index in [0.29, 0.717) is 11.1 Å². The highest BCUT2D eigenvalue weighted by molar-refractivity contribution is 6.01. The van der Waals surface area contributed by atoms with Crippen molar-refractivity contribution in [2.24, 2.45) is 0 Å². The van der Waals surface area contributed by atoms with Crippen molar-refractivity contribution in [3.05, 3.63) is 126 Å². The number of ketones is 1. The highest BCUT2D eigenvalue weighted by Crippen LogP contribution is 2.32. The molecule has 0 saturated carbocycles. The Morgan fingerprint density at radius 2 is 1.52 bits per heavy atom. The normalized spacial score (nSPS) is 17.8. The van der Waals surface area contributed by atoms with E-state index >= 15 is 0 Å². The molecule has 3 aromatic carbocycles. The van der Waals surface area contributed by atoms with Crippen LogP contribution in [0.25, 0.3) is 6.08 Å². The highest BCUT2D eigenvalue weighted by atomic mass is 16.5. The first kappa shape index (κ1) is 22.0. The highest BCUT2D eigenvalue weighted by Gasteiger charge is 2.40. The van der Waals surface area contributed by atoms with E-state index in [1.54, 1.807) is 30.3 Å². The van der Waals surface area contributed by atoms with Crippen LogP contribution in [-0.2, 0) is 14.3 Å². The standard InChI is InChI=1S/C28H23NO4/c1-20-12-15-23(16-13-20)28(32)33-27-24(30)18-19-29(26(27)22-10-6-3-7-11-22)25(31)17-14-21-8-4-2-5-9-21/h2-19,26-27H,1H3/b17-14+/t26-,27+/m1/s1. The molecule has 3 aromatic rings. The summed E-state index contributed by atoms with van der Waals surface area (Å²) in [4.78, 5) is 40.2. The van der Waals surface area contributed by atoms with E-state index in [4.69, 9.17) is 4.74 Å². The molecular formula is C28H23NO4. The molecule has 5 heteroatoms. The van der Waals surface area contributed by atoms with Gasteiger partial charge < -0.3 is 9.64 Å². The number of esters is 1. The first-order chi connectivity index (χ1) is 16.0. The van der Waals surface area contributed by atoms with Crippen molar-refractivity contribution in [3.63, 3.8) is 0 Å². The maximum Gasteiger partial charge on any atom is 0.338 e. The van der Waals surface area contributed by atoms with Crippen molar-refractivity contribution in [2.45, 2.75) is 19.1 Å². The monoisotopic (exact) mass is 437 g/mol. The molecule has 0 saturated heterocycles. The zero-order valence-corrected chi connectivity index (χ0v) is 18.1. The first-order valence-electron chi connectivity index (χ1n) is 10.6. The smallest absolute Gasteiger partial charge is 0.338 e. The van der Waals surface area contributed by atoms with Gasteiger partial charge in [0.1, 0.15) is 6.04 Å². The van der Waals surface area contributed by atoms with Crippen molar-refractivity contribution in [1.29, 1.82) is 0 Å². The van der Waals surface area contributed by atoms with Gasteiger partial charge in [0.15, 0.2) is 11.9 Å². The number of benzene rings is 3. The second kappa shape index (κ2) is 9.92. The van der Waals surface area contributed by atoms with E-state index in [1.165, 1.54) is 23.3 Å². The fraction of sp³-hybridized carbons (Fsp3) is 0.107. The molecule has 2 atom stereocenters. The van der Waals surface area contributed by atoms with E-state index < -0.39 is 18.1 Å². The zero-order chi connectivity index (χ0) is 23.2. The summed E-state index contributed by atoms with van der Waals surface area (Å²) in [6, 6.07) is 24.7. The molecule has 0 fully saturated rings. The Kier molecular flexibility index (Phi) is 6.60. The van der Waals surface area contributed by atoms with Crippen LogP contribution >= 0.6 is 0 Å². The minimum Gasteiger partial charge on any atom is -0.448 e. The number of carbonyl (C=O) groups is 3. The Balaban J connectivity index is 1.65. The molecule has 0 unspecified atom stereocenters. The predicted molar refractivity (Wildman–Crippen MR) is 126 cm³/mol. The van der Waals surface area contributed by atoms with Crippen LogP contribution in [0.2, 0.25) is 0 Å². The second-order valence-electron chi connectivity index (χ2n) is 7.76. The molecule has 1 aliphatic heterocycles. The number of aryl methyl sites for hydroxylation is 1. The van der Waals surface area contributed by atoms with Gasteiger partial charge >= 0.3 is 5.97 Å². The molecule has 0 spiro atoms. The minimum absolute atomic E-state index is 0.326. The summed E-state index contributed by atoms with van der Waals surface area (Å²) in [7, 11) is 0. The summed E-state index contributed by atoms with van der Waals surface area (Å²) in [5.41, 5.74) is 2.92. The quantitative estimate of drug-likeness (QED) is 0.421. The summed E-state index contributed by atoms with van der Waals surface area (Å²) in [5, 5.41) is 0. The molecule has 1 aliphatic rings. The summed E-state index contributed by atoms with van der Waals surface area (Å²) in [6.07, 6.45) is 4.72. The summed E-state index contributed by atoms with van der Waals surface area (Å²) in [6.45, 7) is 1.92. The lowest BCUT2D eigenvalue weighted by Crippen LogP contribution is -2.45. The third kappa shape index (κ3) is 5.15. The van der Waals surface area contributed by atoms with Crippen LogP contribution in [0, 0.1) is 6.92 Å². The Morgan fingerprint density at radius 3 is 2.18 bits per heavy atom. The first-order valence-corrected chi connectivity index (χ1v) is 10.6. The third-order valence-electron chi connectivity index (χ3n) is 5.40. The van der Waals surface area contributed by atoms with Gasteiger partial charge in [-0.15, -0.1) is 0 Å². The Morgan fingerprint density at radius 1 is 0.879 bits per heavy atom. The molecule has 0 aliphatic carbocycles. The van der Waals surface area contributed by atoms with E-state index in [9.17, 15) is 14.4 Å². The van der Waals surface area contributed by atoms with Crippen LogP contribution in [0.4, 0.5) is 0 Å². The van der Waals surface area contributed by atoms with Crippen molar-refractivity contribution in [2.75, 3.05) is 0 Å². The van der Waals surface area contributed by atoms with Gasteiger partial charge in [0.25, 0.3) is 5.91 Å². The van der Waals surface area contributed by atoms with Gasteiger partial charge in [-0.2, -0.15) is 0 Å². The fourth-order valence-electron chi connectivity index (χ4n) is 3.65. The molecule has 33 heavy (non-hydrogen) atoms. The Labute approximate surface area is 192 Å². The number of carbonyl (C=O) groups excluding carboxylic acids is 3. The molecule has 164 valence electrons. The molecule has 5 nitrogen and oxygen atoms in total. The molecule has 0 N–H and O–H groups in total. The molecule has 1 amide bonds. The van der Waals surface area contributed by atoms with E-state index in [1.807, 2.05) is 67.6 Å². The lowest BCUT2D eigenvalue weighted by molar-refractivity contribution is -0.135. The van der Waals surface area contributed by atoms with Crippen LogP contribution in [0.1, 0.15) is 33.1 Å². The van der Waals surface area contributed by atoms with Crippen molar-refractivity contribution in [3.8, 4) is 0 Å². The SMILES string of the molecule is Cc1ccc(C(=O)O[C@H]2C(=O)C=CN(C(=O)/C=C/c3ccccc3)[C@@H]2c2ccccc2)cc1. The van der Waals surface area contributed by atoms with Crippen LogP contribution in [-0.4, -0.2) is 28.7 Å². The second-order valence-corrected chi connectivity index (χ2v) is 7.76. The number of rotatable bonds is 5. The van der Waals surface area contributed by atoms with Gasteiger partial charge in [-0.05, 0) is 36.3 Å². The molecular weight excluding hydrogens is 414 g/mol. The number of amides is 1. The average molecular weight is 437 g/mol. The van der Waals surface area contributed by atoms with Crippen molar-refractivity contribution in [1.82, 2.24) is 4.90 Å². The van der Waals surface area contributed by atoms with Crippen LogP contribution < -0.4 is 0 Å². The van der Waals surface area contributed by atoms with E-state index in [0.717, 1.165) is 11.1 Å². The average Bonchev–Trinajstić information content (AvgIpc) is 2.85. The molecule has 0 radical (unpaired) electrons. The van der Waals surface area contributed by atoms with Crippen LogP contribution in [0.15, 0.2) is 103 Å². The lowest BCUT2D eigenvalue weighted by atomic mass is 9.94. The van der Waals surface area contributed by atoms with Crippen molar-refractivity contribution >= 4 is 23.7 Å². The minimum atomic E-state index is -1.17. The topological polar surface area (TPSA) is 63.7 Å². The Bertz CT molecular complexity index is 1200. The van der Waals surface area contributed by atoms with Crippen LogP contribution in [0.3, 0.4) is 0 Å². The summed E-state index contributed by atoms with van der Waals surface area (Å²) in [5.74, 6) is -1.31. The third-order valence-corrected chi connectivity index (χ3v) is 5.40. The number of hydrogen-bond donors (Lipinski definition) is 0. The molecule has 0 bridgehead atoms. The lowest BCUT2D eigenvalue weighted by Gasteiger charge is -2.36. The van der Waals surface area contributed by atoms with Gasteiger partial charge in [-0.25, -0.2) is 4.79 Å². The van der Waals surface area contributed by atoms with E-state index in [-0.39, 0.29) is 11.7 Å². The van der Waals surface area contributed by atoms with Gasteiger partial charge in [0, 0.05) is 18.4 Å². The van der Waals surface area contributed by atoms with Gasteiger partial charge in [0.05, 0.1) is 5.56 Å². The molecule has 0 aromatic heterocycles. The molecule has 1 heterocycles. The number of ether oxygens (including phenoxy) is 1. The fourth-order valence-corrected chi connectivity index (χ4v) is 3.65. The number of hydrogen-bond acceptors (Lipinski definition) is 4. The largest absolute Gasteiger partial charge is 0.448 e. The maximum atomic E-state index is 13.1. The predicted octanol–water partition coefficient (Wildman–Crippen LogP) is 4.90.